The minimum Gasteiger partial charge on any atom is -0.465 e. The van der Waals surface area contributed by atoms with Gasteiger partial charge in [-0.25, -0.2) is 4.79 Å². The van der Waals surface area contributed by atoms with E-state index in [9.17, 15) is 14.9 Å². The molecule has 0 bridgehead atoms. The summed E-state index contributed by atoms with van der Waals surface area (Å²) in [4.78, 5) is 22.0. The molecule has 0 aliphatic carbocycles. The van der Waals surface area contributed by atoms with Gasteiger partial charge in [0.15, 0.2) is 0 Å². The molecule has 0 saturated carbocycles. The van der Waals surface area contributed by atoms with Gasteiger partial charge in [-0.1, -0.05) is 12.2 Å². The van der Waals surface area contributed by atoms with Crippen LogP contribution >= 0.6 is 0 Å². The number of nitro groups is 1. The maximum Gasteiger partial charge on any atom is 0.338 e. The van der Waals surface area contributed by atoms with Crippen molar-refractivity contribution in [1.29, 1.82) is 0 Å². The van der Waals surface area contributed by atoms with E-state index in [4.69, 9.17) is 5.11 Å². The number of methoxy groups -OCH3 is 1. The van der Waals surface area contributed by atoms with Crippen LogP contribution in [0.25, 0.3) is 6.08 Å². The zero-order chi connectivity index (χ0) is 14.4. The van der Waals surface area contributed by atoms with Gasteiger partial charge in [0.05, 0.1) is 17.6 Å². The summed E-state index contributed by atoms with van der Waals surface area (Å²) in [5, 5.41) is 19.6. The van der Waals surface area contributed by atoms with Crippen molar-refractivity contribution in [3.63, 3.8) is 0 Å². The van der Waals surface area contributed by atoms with Crippen LogP contribution in [0.4, 0.5) is 5.69 Å². The lowest BCUT2D eigenvalue weighted by molar-refractivity contribution is -0.385. The molecular weight excluding hydrogens is 250 g/mol. The van der Waals surface area contributed by atoms with Crippen LogP contribution in [-0.2, 0) is 4.74 Å². The van der Waals surface area contributed by atoms with Crippen LogP contribution in [0.1, 0.15) is 27.9 Å². The average Bonchev–Trinajstić information content (AvgIpc) is 2.39. The third kappa shape index (κ3) is 3.62. The number of aliphatic hydroxyl groups is 1. The third-order valence-corrected chi connectivity index (χ3v) is 2.61. The van der Waals surface area contributed by atoms with E-state index in [0.29, 0.717) is 12.0 Å². The van der Waals surface area contributed by atoms with Crippen LogP contribution in [0.5, 0.6) is 0 Å². The van der Waals surface area contributed by atoms with E-state index in [1.54, 1.807) is 12.2 Å². The summed E-state index contributed by atoms with van der Waals surface area (Å²) < 4.78 is 4.61. The molecular formula is C13H15NO5. The fourth-order valence-corrected chi connectivity index (χ4v) is 1.62. The largest absolute Gasteiger partial charge is 0.465 e. The third-order valence-electron chi connectivity index (χ3n) is 2.61. The summed E-state index contributed by atoms with van der Waals surface area (Å²) in [6.07, 6.45) is 3.74. The SMILES string of the molecule is COC(=O)c1cc(C=CCCO)cc([N+](=O)[O-])c1C. The molecule has 0 saturated heterocycles. The zero-order valence-electron chi connectivity index (χ0n) is 10.8. The lowest BCUT2D eigenvalue weighted by Gasteiger charge is -2.06. The molecule has 0 heterocycles. The van der Waals surface area contributed by atoms with Crippen molar-refractivity contribution in [2.75, 3.05) is 13.7 Å². The minimum atomic E-state index is -0.613. The summed E-state index contributed by atoms with van der Waals surface area (Å²) in [5.74, 6) is -0.613. The molecule has 102 valence electrons. The number of esters is 1. The zero-order valence-corrected chi connectivity index (χ0v) is 10.8. The Kier molecular flexibility index (Phi) is 5.20. The maximum atomic E-state index is 11.6. The number of nitro benzene ring substituents is 1. The van der Waals surface area contributed by atoms with Crippen LogP contribution in [-0.4, -0.2) is 29.7 Å². The number of rotatable bonds is 5. The number of nitrogens with zero attached hydrogens (tertiary/aromatic N) is 1. The quantitative estimate of drug-likeness (QED) is 0.500. The molecule has 0 spiro atoms. The number of carbonyl (C=O) groups is 1. The highest BCUT2D eigenvalue weighted by atomic mass is 16.6. The predicted octanol–water partition coefficient (Wildman–Crippen LogP) is 2.09. The van der Waals surface area contributed by atoms with Crippen LogP contribution < -0.4 is 0 Å². The molecule has 6 heteroatoms. The Bertz CT molecular complexity index is 522. The first-order valence-electron chi connectivity index (χ1n) is 5.66. The van der Waals surface area contributed by atoms with Crippen LogP contribution in [0.15, 0.2) is 18.2 Å². The van der Waals surface area contributed by atoms with Crippen molar-refractivity contribution in [2.45, 2.75) is 13.3 Å². The standard InChI is InChI=1S/C13H15NO5/c1-9-11(13(16)19-2)7-10(5-3-4-6-15)8-12(9)14(17)18/h3,5,7-8,15H,4,6H2,1-2H3. The second-order valence-electron chi connectivity index (χ2n) is 3.88. The van der Waals surface area contributed by atoms with Crippen molar-refractivity contribution in [3.8, 4) is 0 Å². The Hall–Kier alpha value is -2.21. The molecule has 0 unspecified atom stereocenters. The number of carbonyl (C=O) groups excluding carboxylic acids is 1. The Morgan fingerprint density at radius 1 is 1.53 bits per heavy atom. The van der Waals surface area contributed by atoms with Crippen molar-refractivity contribution >= 4 is 17.7 Å². The summed E-state index contributed by atoms with van der Waals surface area (Å²) in [5.41, 5.74) is 0.828. The Morgan fingerprint density at radius 3 is 2.74 bits per heavy atom. The van der Waals surface area contributed by atoms with Crippen molar-refractivity contribution < 1.29 is 19.6 Å². The second-order valence-corrected chi connectivity index (χ2v) is 3.88. The molecule has 1 N–H and O–H groups in total. The van der Waals surface area contributed by atoms with Crippen LogP contribution in [0.2, 0.25) is 0 Å². The summed E-state index contributed by atoms with van der Waals surface area (Å²) in [7, 11) is 1.22. The van der Waals surface area contributed by atoms with E-state index in [1.807, 2.05) is 0 Å². The molecule has 0 fully saturated rings. The van der Waals surface area contributed by atoms with Gasteiger partial charge >= 0.3 is 5.97 Å². The van der Waals surface area contributed by atoms with Gasteiger partial charge in [-0.05, 0) is 25.0 Å². The number of hydrogen-bond acceptors (Lipinski definition) is 5. The number of hydrogen-bond donors (Lipinski definition) is 1. The molecule has 6 nitrogen and oxygen atoms in total. The van der Waals surface area contributed by atoms with E-state index in [0.717, 1.165) is 0 Å². The van der Waals surface area contributed by atoms with Gasteiger partial charge in [-0.15, -0.1) is 0 Å². The first kappa shape index (κ1) is 14.8. The highest BCUT2D eigenvalue weighted by Gasteiger charge is 2.20. The van der Waals surface area contributed by atoms with Gasteiger partial charge in [0.1, 0.15) is 0 Å². The predicted molar refractivity (Wildman–Crippen MR) is 69.9 cm³/mol. The van der Waals surface area contributed by atoms with E-state index >= 15 is 0 Å². The fourth-order valence-electron chi connectivity index (χ4n) is 1.62. The Labute approximate surface area is 110 Å². The molecule has 0 amide bonds. The molecule has 0 aliphatic heterocycles. The molecule has 0 atom stereocenters. The van der Waals surface area contributed by atoms with Crippen molar-refractivity contribution in [2.24, 2.45) is 0 Å². The topological polar surface area (TPSA) is 89.7 Å². The van der Waals surface area contributed by atoms with Crippen LogP contribution in [0, 0.1) is 17.0 Å². The normalized spacial score (nSPS) is 10.7. The van der Waals surface area contributed by atoms with Gasteiger partial charge in [0, 0.05) is 18.2 Å². The van der Waals surface area contributed by atoms with Gasteiger partial charge < -0.3 is 9.84 Å². The highest BCUT2D eigenvalue weighted by Crippen LogP contribution is 2.25. The number of ether oxygens (including phenoxy) is 1. The Morgan fingerprint density at radius 2 is 2.21 bits per heavy atom. The van der Waals surface area contributed by atoms with E-state index in [2.05, 4.69) is 4.74 Å². The molecule has 0 aromatic heterocycles. The molecule has 1 aromatic rings. The minimum absolute atomic E-state index is 0.00564. The molecule has 0 radical (unpaired) electrons. The first-order chi connectivity index (χ1) is 9.01. The van der Waals surface area contributed by atoms with E-state index in [1.165, 1.54) is 26.2 Å². The summed E-state index contributed by atoms with van der Waals surface area (Å²) in [6, 6.07) is 2.91. The summed E-state index contributed by atoms with van der Waals surface area (Å²) >= 11 is 0. The van der Waals surface area contributed by atoms with Crippen molar-refractivity contribution in [3.05, 3.63) is 45.0 Å². The van der Waals surface area contributed by atoms with E-state index < -0.39 is 10.9 Å². The second kappa shape index (κ2) is 6.65. The van der Waals surface area contributed by atoms with Crippen molar-refractivity contribution in [1.82, 2.24) is 0 Å². The smallest absolute Gasteiger partial charge is 0.338 e. The summed E-state index contributed by atoms with van der Waals surface area (Å²) in [6.45, 7) is 1.50. The Balaban J connectivity index is 3.31. The lowest BCUT2D eigenvalue weighted by atomic mass is 10.0. The van der Waals surface area contributed by atoms with Gasteiger partial charge in [-0.3, -0.25) is 10.1 Å². The lowest BCUT2D eigenvalue weighted by Crippen LogP contribution is -2.06. The molecule has 1 rings (SSSR count). The molecule has 0 aliphatic rings. The average molecular weight is 265 g/mol. The monoisotopic (exact) mass is 265 g/mol. The fraction of sp³-hybridized carbons (Fsp3) is 0.308. The molecule has 1 aromatic carbocycles. The molecule has 19 heavy (non-hydrogen) atoms. The van der Waals surface area contributed by atoms with Gasteiger partial charge in [0.25, 0.3) is 5.69 Å². The van der Waals surface area contributed by atoms with Gasteiger partial charge in [0.2, 0.25) is 0 Å². The highest BCUT2D eigenvalue weighted by molar-refractivity contribution is 5.93. The number of aliphatic hydroxyl groups excluding tert-OH is 1. The first-order valence-corrected chi connectivity index (χ1v) is 5.66. The number of benzene rings is 1. The van der Waals surface area contributed by atoms with Crippen LogP contribution in [0.3, 0.4) is 0 Å². The van der Waals surface area contributed by atoms with Gasteiger partial charge in [-0.2, -0.15) is 0 Å². The maximum absolute atomic E-state index is 11.6. The van der Waals surface area contributed by atoms with E-state index in [-0.39, 0.29) is 23.4 Å².